The molecule has 0 radical (unpaired) electrons. The van der Waals surface area contributed by atoms with Crippen molar-refractivity contribution in [1.82, 2.24) is 24.8 Å². The first-order valence-electron chi connectivity index (χ1n) is 14.3. The zero-order chi connectivity index (χ0) is 26.9. The molecule has 206 valence electrons. The van der Waals surface area contributed by atoms with E-state index in [4.69, 9.17) is 10.5 Å². The highest BCUT2D eigenvalue weighted by molar-refractivity contribution is 6.09. The highest BCUT2D eigenvalue weighted by atomic mass is 16.5. The van der Waals surface area contributed by atoms with Crippen LogP contribution in [0.5, 0.6) is 0 Å². The molecule has 0 spiro atoms. The molecule has 0 bridgehead atoms. The van der Waals surface area contributed by atoms with Gasteiger partial charge in [-0.1, -0.05) is 24.3 Å². The fourth-order valence-corrected chi connectivity index (χ4v) is 5.55. The summed E-state index contributed by atoms with van der Waals surface area (Å²) in [5.41, 5.74) is 11.5. The molecule has 4 aromatic rings. The van der Waals surface area contributed by atoms with Crippen LogP contribution in [0.4, 0.5) is 0 Å². The van der Waals surface area contributed by atoms with E-state index in [2.05, 4.69) is 38.1 Å². The lowest BCUT2D eigenvalue weighted by Gasteiger charge is -2.27. The van der Waals surface area contributed by atoms with Crippen LogP contribution < -0.4 is 11.1 Å². The molecule has 3 aromatic heterocycles. The maximum atomic E-state index is 13.0. The highest BCUT2D eigenvalue weighted by Crippen LogP contribution is 2.30. The Balaban J connectivity index is 0.000000257. The molecule has 0 atom stereocenters. The van der Waals surface area contributed by atoms with E-state index in [0.717, 1.165) is 46.9 Å². The lowest BCUT2D eigenvalue weighted by atomic mass is 9.96. The van der Waals surface area contributed by atoms with Crippen LogP contribution in [-0.4, -0.2) is 64.7 Å². The van der Waals surface area contributed by atoms with Crippen molar-refractivity contribution >= 4 is 27.7 Å². The second-order valence-electron chi connectivity index (χ2n) is 10.2. The third kappa shape index (κ3) is 6.64. The SMILES string of the molecule is NCCCCNCc1nccc2c3ccccc3n(CC(=O)N3CCOCC3)c12.c1cnc2c(c1)CCCC2. The second-order valence-corrected chi connectivity index (χ2v) is 10.2. The molecule has 1 aliphatic carbocycles. The van der Waals surface area contributed by atoms with Gasteiger partial charge in [-0.2, -0.15) is 0 Å². The fourth-order valence-electron chi connectivity index (χ4n) is 5.55. The Hall–Kier alpha value is -3.33. The standard InChI is InChI=1S/C22H29N5O2.C9H11N/c23-8-3-4-9-24-15-19-22-18(7-10-25-19)17-5-1-2-6-20(17)27(22)16-21(28)26-11-13-29-14-12-26;1-2-6-9-8(4-1)5-3-7-10-9/h1-2,5-7,10,24H,3-4,8-9,11-16,23H2;3,5,7H,1-2,4,6H2. The molecule has 1 amide bonds. The number of hydrogen-bond acceptors (Lipinski definition) is 6. The lowest BCUT2D eigenvalue weighted by Crippen LogP contribution is -2.42. The van der Waals surface area contributed by atoms with Crippen molar-refractivity contribution in [1.29, 1.82) is 0 Å². The highest BCUT2D eigenvalue weighted by Gasteiger charge is 2.21. The van der Waals surface area contributed by atoms with Gasteiger partial charge in [-0.15, -0.1) is 0 Å². The first-order chi connectivity index (χ1) is 19.3. The van der Waals surface area contributed by atoms with Crippen molar-refractivity contribution in [2.45, 2.75) is 51.6 Å². The van der Waals surface area contributed by atoms with Gasteiger partial charge in [0.05, 0.1) is 24.4 Å². The molecule has 1 saturated heterocycles. The van der Waals surface area contributed by atoms with Crippen LogP contribution in [0.3, 0.4) is 0 Å². The van der Waals surface area contributed by atoms with Crippen molar-refractivity contribution in [3.8, 4) is 0 Å². The van der Waals surface area contributed by atoms with Crippen LogP contribution in [0, 0.1) is 0 Å². The average molecular weight is 529 g/mol. The predicted octanol–water partition coefficient (Wildman–Crippen LogP) is 3.84. The number of nitrogens with zero attached hydrogens (tertiary/aromatic N) is 4. The number of ether oxygens (including phenoxy) is 1. The Bertz CT molecular complexity index is 1350. The molecule has 1 aliphatic heterocycles. The minimum Gasteiger partial charge on any atom is -0.378 e. The number of carbonyl (C=O) groups is 1. The first kappa shape index (κ1) is 27.2. The fraction of sp³-hybridized carbons (Fsp3) is 0.452. The molecule has 6 rings (SSSR count). The summed E-state index contributed by atoms with van der Waals surface area (Å²) in [5.74, 6) is 0.127. The number of aryl methyl sites for hydroxylation is 2. The zero-order valence-electron chi connectivity index (χ0n) is 22.8. The molecule has 0 saturated carbocycles. The maximum absolute atomic E-state index is 13.0. The van der Waals surface area contributed by atoms with E-state index in [1.807, 2.05) is 41.6 Å². The Labute approximate surface area is 230 Å². The molecular weight excluding hydrogens is 488 g/mol. The predicted molar refractivity (Wildman–Crippen MR) is 156 cm³/mol. The van der Waals surface area contributed by atoms with Gasteiger partial charge in [-0.05, 0) is 75.4 Å². The third-order valence-electron chi connectivity index (χ3n) is 7.61. The Morgan fingerprint density at radius 3 is 2.64 bits per heavy atom. The number of unbranched alkanes of at least 4 members (excludes halogenated alkanes) is 1. The summed E-state index contributed by atoms with van der Waals surface area (Å²) >= 11 is 0. The molecule has 8 nitrogen and oxygen atoms in total. The summed E-state index contributed by atoms with van der Waals surface area (Å²) in [4.78, 5) is 23.9. The molecular formula is C31H40N6O2. The van der Waals surface area contributed by atoms with Crippen LogP contribution in [-0.2, 0) is 35.5 Å². The van der Waals surface area contributed by atoms with E-state index in [0.29, 0.717) is 45.9 Å². The minimum atomic E-state index is 0.127. The molecule has 1 fully saturated rings. The largest absolute Gasteiger partial charge is 0.378 e. The van der Waals surface area contributed by atoms with E-state index in [-0.39, 0.29) is 5.91 Å². The number of rotatable bonds is 8. The van der Waals surface area contributed by atoms with Gasteiger partial charge < -0.3 is 25.3 Å². The normalized spacial score (nSPS) is 15.2. The van der Waals surface area contributed by atoms with Crippen LogP contribution in [0.2, 0.25) is 0 Å². The number of benzene rings is 1. The molecule has 1 aromatic carbocycles. The monoisotopic (exact) mass is 528 g/mol. The van der Waals surface area contributed by atoms with E-state index in [1.165, 1.54) is 36.9 Å². The summed E-state index contributed by atoms with van der Waals surface area (Å²) < 4.78 is 7.52. The number of morpholine rings is 1. The zero-order valence-corrected chi connectivity index (χ0v) is 22.8. The van der Waals surface area contributed by atoms with Gasteiger partial charge in [0.15, 0.2) is 0 Å². The first-order valence-corrected chi connectivity index (χ1v) is 14.3. The van der Waals surface area contributed by atoms with Crippen LogP contribution in [0.1, 0.15) is 42.6 Å². The number of nitrogens with one attached hydrogen (secondary N) is 1. The van der Waals surface area contributed by atoms with Crippen molar-refractivity contribution in [2.75, 3.05) is 39.4 Å². The number of fused-ring (bicyclic) bond motifs is 4. The van der Waals surface area contributed by atoms with Crippen LogP contribution in [0.25, 0.3) is 21.8 Å². The van der Waals surface area contributed by atoms with E-state index in [9.17, 15) is 4.79 Å². The third-order valence-corrected chi connectivity index (χ3v) is 7.61. The molecule has 4 heterocycles. The summed E-state index contributed by atoms with van der Waals surface area (Å²) in [6, 6.07) is 14.5. The number of nitrogens with two attached hydrogens (primary N) is 1. The van der Waals surface area contributed by atoms with Gasteiger partial charge in [0, 0.05) is 54.0 Å². The Kier molecular flexibility index (Phi) is 9.53. The van der Waals surface area contributed by atoms with Gasteiger partial charge in [-0.3, -0.25) is 14.8 Å². The topological polar surface area (TPSA) is 98.3 Å². The lowest BCUT2D eigenvalue weighted by molar-refractivity contribution is -0.135. The minimum absolute atomic E-state index is 0.127. The Morgan fingerprint density at radius 1 is 0.949 bits per heavy atom. The van der Waals surface area contributed by atoms with Gasteiger partial charge in [0.2, 0.25) is 5.91 Å². The summed E-state index contributed by atoms with van der Waals surface area (Å²) in [5, 5.41) is 5.77. The smallest absolute Gasteiger partial charge is 0.242 e. The van der Waals surface area contributed by atoms with E-state index in [1.54, 1.807) is 0 Å². The van der Waals surface area contributed by atoms with Gasteiger partial charge in [0.25, 0.3) is 0 Å². The number of amides is 1. The molecule has 39 heavy (non-hydrogen) atoms. The summed E-state index contributed by atoms with van der Waals surface area (Å²) in [7, 11) is 0. The number of hydrogen-bond donors (Lipinski definition) is 2. The second kappa shape index (κ2) is 13.6. The van der Waals surface area contributed by atoms with E-state index < -0.39 is 0 Å². The maximum Gasteiger partial charge on any atom is 0.242 e. The number of aromatic nitrogens is 3. The van der Waals surface area contributed by atoms with Gasteiger partial charge in [0.1, 0.15) is 6.54 Å². The van der Waals surface area contributed by atoms with Crippen LogP contribution in [0.15, 0.2) is 54.9 Å². The van der Waals surface area contributed by atoms with Crippen LogP contribution >= 0.6 is 0 Å². The van der Waals surface area contributed by atoms with E-state index >= 15 is 0 Å². The molecule has 3 N–H and O–H groups in total. The van der Waals surface area contributed by atoms with Crippen molar-refractivity contribution < 1.29 is 9.53 Å². The van der Waals surface area contributed by atoms with Gasteiger partial charge >= 0.3 is 0 Å². The molecule has 8 heteroatoms. The number of para-hydroxylation sites is 1. The average Bonchev–Trinajstić information content (AvgIpc) is 3.32. The number of carbonyl (C=O) groups excluding carboxylic acids is 1. The van der Waals surface area contributed by atoms with Crippen molar-refractivity contribution in [3.63, 3.8) is 0 Å². The number of pyridine rings is 2. The Morgan fingerprint density at radius 2 is 1.79 bits per heavy atom. The summed E-state index contributed by atoms with van der Waals surface area (Å²) in [6.07, 6.45) is 10.9. The molecule has 0 unspecified atom stereocenters. The van der Waals surface area contributed by atoms with Gasteiger partial charge in [-0.25, -0.2) is 0 Å². The van der Waals surface area contributed by atoms with Crippen molar-refractivity contribution in [3.05, 3.63) is 71.8 Å². The molecule has 2 aliphatic rings. The quantitative estimate of drug-likeness (QED) is 0.337. The van der Waals surface area contributed by atoms with Crippen molar-refractivity contribution in [2.24, 2.45) is 5.73 Å². The summed E-state index contributed by atoms with van der Waals surface area (Å²) in [6.45, 7) is 5.14.